The van der Waals surface area contributed by atoms with E-state index in [0.29, 0.717) is 12.8 Å². The Morgan fingerprint density at radius 3 is 1.64 bits per heavy atom. The fourth-order valence-corrected chi connectivity index (χ4v) is 0.964. The van der Waals surface area contributed by atoms with Gasteiger partial charge in [0.25, 0.3) is 0 Å². The molecule has 0 radical (unpaired) electrons. The molecule has 0 atom stereocenters. The molecule has 0 aliphatic carbocycles. The number of carbonyl (C=O) groups is 4. The van der Waals surface area contributed by atoms with Crippen LogP contribution in [0.4, 0.5) is 9.59 Å². The SMILES string of the molecule is CCOC(=O)N[CH-]NC(=O)OCC.O=C1CCC(=O)[N-]1.[O]=[Co]. The van der Waals surface area contributed by atoms with E-state index in [1.54, 1.807) is 13.8 Å². The fourth-order valence-electron chi connectivity index (χ4n) is 0.964. The van der Waals surface area contributed by atoms with Crippen molar-refractivity contribution >= 4 is 24.0 Å². The molecule has 10 nitrogen and oxygen atoms in total. The summed E-state index contributed by atoms with van der Waals surface area (Å²) in [5.74, 6) is -0.546. The van der Waals surface area contributed by atoms with Gasteiger partial charge >= 0.3 is 31.7 Å². The molecule has 1 saturated heterocycles. The third kappa shape index (κ3) is 14.4. The summed E-state index contributed by atoms with van der Waals surface area (Å²) in [4.78, 5) is 41.4. The molecule has 2 N–H and O–H groups in total. The van der Waals surface area contributed by atoms with Crippen LogP contribution in [0.5, 0.6) is 0 Å². The number of hydrogen-bond acceptors (Lipinski definition) is 7. The number of amides is 4. The summed E-state index contributed by atoms with van der Waals surface area (Å²) in [7, 11) is 0. The number of nitrogens with one attached hydrogen (secondary N) is 2. The van der Waals surface area contributed by atoms with Gasteiger partial charge in [-0.05, 0) is 26.7 Å². The third-order valence-electron chi connectivity index (χ3n) is 1.73. The van der Waals surface area contributed by atoms with E-state index in [-0.39, 0.29) is 25.0 Å². The van der Waals surface area contributed by atoms with Gasteiger partial charge in [-0.25, -0.2) is 9.59 Å². The van der Waals surface area contributed by atoms with Gasteiger partial charge in [-0.15, -0.1) is 6.67 Å². The summed E-state index contributed by atoms with van der Waals surface area (Å²) in [6.07, 6.45) is -0.615. The number of carbonyl (C=O) groups excluding carboxylic acids is 4. The molecule has 1 fully saturated rings. The molecule has 11 heteroatoms. The summed E-state index contributed by atoms with van der Waals surface area (Å²) in [6, 6.07) is 0. The van der Waals surface area contributed by atoms with E-state index < -0.39 is 12.2 Å². The van der Waals surface area contributed by atoms with Gasteiger partial charge in [-0.2, -0.15) is 0 Å². The van der Waals surface area contributed by atoms with Crippen LogP contribution in [-0.2, 0) is 38.6 Å². The Labute approximate surface area is 135 Å². The molecule has 4 amide bonds. The number of ether oxygens (including phenoxy) is 2. The van der Waals surface area contributed by atoms with Gasteiger partial charge in [0.2, 0.25) is 0 Å². The molecule has 1 aliphatic heterocycles. The zero-order valence-electron chi connectivity index (χ0n) is 12.0. The molecule has 129 valence electrons. The quantitative estimate of drug-likeness (QED) is 0.553. The van der Waals surface area contributed by atoms with Crippen LogP contribution in [0, 0.1) is 6.67 Å². The predicted molar refractivity (Wildman–Crippen MR) is 67.9 cm³/mol. The standard InChI is InChI=1S/C7H13N2O4.C4H5NO2.Co.O/c1-3-12-6(10)8-5-9-7(11)13-4-2;6-3-1-2-4(7)5-3;;/h5H,3-4H2,1-2H3,(H,8,10)(H,9,11);1-2H2,(H,5,6,7);;/q-1;;;/p-1. The van der Waals surface area contributed by atoms with Gasteiger partial charge < -0.3 is 35.0 Å². The summed E-state index contributed by atoms with van der Waals surface area (Å²) in [5, 5.41) is 7.46. The number of hydrogen-bond donors (Lipinski definition) is 2. The third-order valence-corrected chi connectivity index (χ3v) is 1.73. The second kappa shape index (κ2) is 15.4. The van der Waals surface area contributed by atoms with Gasteiger partial charge in [-0.1, -0.05) is 0 Å². The summed E-state index contributed by atoms with van der Waals surface area (Å²) in [6.45, 7) is 4.96. The number of alkyl carbamates (subject to hydrolysis) is 2. The summed E-state index contributed by atoms with van der Waals surface area (Å²) >= 11 is 2.31. The monoisotopic (exact) mass is 362 g/mol. The molecule has 0 unspecified atom stereocenters. The van der Waals surface area contributed by atoms with Crippen LogP contribution in [0.25, 0.3) is 5.32 Å². The Hall–Kier alpha value is -2.01. The molecule has 0 aromatic rings. The van der Waals surface area contributed by atoms with Gasteiger partial charge in [-0.3, -0.25) is 0 Å². The Kier molecular flexibility index (Phi) is 15.6. The van der Waals surface area contributed by atoms with Crippen LogP contribution in [-0.4, -0.2) is 37.2 Å². The van der Waals surface area contributed by atoms with Crippen LogP contribution in [0.2, 0.25) is 0 Å². The average molecular weight is 362 g/mol. The molecule has 0 bridgehead atoms. The van der Waals surface area contributed by atoms with Crippen LogP contribution >= 0.6 is 0 Å². The molecule has 1 heterocycles. The molecule has 22 heavy (non-hydrogen) atoms. The minimum absolute atomic E-state index is 0.273. The van der Waals surface area contributed by atoms with Gasteiger partial charge in [0.05, 0.1) is 25.0 Å². The van der Waals surface area contributed by atoms with Gasteiger partial charge in [0.15, 0.2) is 0 Å². The van der Waals surface area contributed by atoms with E-state index in [2.05, 4.69) is 41.1 Å². The topological polar surface area (TPSA) is 142 Å². The van der Waals surface area contributed by atoms with E-state index >= 15 is 0 Å². The normalized spacial score (nSPS) is 11.8. The number of imide groups is 1. The second-order valence-electron chi connectivity index (χ2n) is 3.27. The van der Waals surface area contributed by atoms with Crippen molar-refractivity contribution in [1.29, 1.82) is 0 Å². The molecule has 1 rings (SSSR count). The molecule has 0 aromatic heterocycles. The van der Waals surface area contributed by atoms with Crippen LogP contribution in [0.1, 0.15) is 26.7 Å². The average Bonchev–Trinajstić information content (AvgIpc) is 2.86. The minimum atomic E-state index is -0.626. The van der Waals surface area contributed by atoms with Gasteiger partial charge in [0.1, 0.15) is 0 Å². The van der Waals surface area contributed by atoms with Crippen LogP contribution < -0.4 is 10.6 Å². The van der Waals surface area contributed by atoms with Crippen LogP contribution in [0.15, 0.2) is 0 Å². The summed E-state index contributed by atoms with van der Waals surface area (Å²) in [5.41, 5.74) is 0. The molecular weight excluding hydrogens is 345 g/mol. The number of nitrogens with zero attached hydrogens (tertiary/aromatic N) is 1. The molecule has 1 aliphatic rings. The fraction of sp³-hybridized carbons (Fsp3) is 0.545. The van der Waals surface area contributed by atoms with Crippen molar-refractivity contribution in [1.82, 2.24) is 10.6 Å². The van der Waals surface area contributed by atoms with Crippen molar-refractivity contribution in [2.75, 3.05) is 13.2 Å². The van der Waals surface area contributed by atoms with Crippen molar-refractivity contribution in [2.45, 2.75) is 26.7 Å². The number of rotatable bonds is 4. The van der Waals surface area contributed by atoms with Crippen molar-refractivity contribution in [3.8, 4) is 0 Å². The Morgan fingerprint density at radius 2 is 1.41 bits per heavy atom. The first-order valence-corrected chi connectivity index (χ1v) is 6.51. The Morgan fingerprint density at radius 1 is 1.05 bits per heavy atom. The molecule has 0 spiro atoms. The zero-order valence-corrected chi connectivity index (χ0v) is 13.1. The second-order valence-corrected chi connectivity index (χ2v) is 3.27. The molecule has 0 aromatic carbocycles. The maximum atomic E-state index is 10.6. The summed E-state index contributed by atoms with van der Waals surface area (Å²) < 4.78 is 17.0. The van der Waals surface area contributed by atoms with E-state index in [9.17, 15) is 19.2 Å². The zero-order chi connectivity index (χ0) is 17.4. The first-order chi connectivity index (χ1) is 10.5. The van der Waals surface area contributed by atoms with Crippen molar-refractivity contribution in [3.63, 3.8) is 0 Å². The maximum absolute atomic E-state index is 10.6. The van der Waals surface area contributed by atoms with Crippen molar-refractivity contribution in [2.24, 2.45) is 0 Å². The van der Waals surface area contributed by atoms with E-state index in [1.165, 1.54) is 0 Å². The van der Waals surface area contributed by atoms with E-state index in [4.69, 9.17) is 3.87 Å². The Bertz CT molecular complexity index is 347. The van der Waals surface area contributed by atoms with Crippen molar-refractivity contribution in [3.05, 3.63) is 12.0 Å². The van der Waals surface area contributed by atoms with Gasteiger partial charge in [0, 0.05) is 0 Å². The first-order valence-electron chi connectivity index (χ1n) is 6.08. The van der Waals surface area contributed by atoms with E-state index in [0.717, 1.165) is 6.67 Å². The molecule has 0 saturated carbocycles. The molecular formula is C11H17CoN3O7-2. The van der Waals surface area contributed by atoms with Crippen LogP contribution in [0.3, 0.4) is 0 Å². The Balaban J connectivity index is 0. The predicted octanol–water partition coefficient (Wildman–Crippen LogP) is 0.684. The van der Waals surface area contributed by atoms with E-state index in [1.807, 2.05) is 0 Å². The van der Waals surface area contributed by atoms with Crippen molar-refractivity contribution < 1.29 is 48.2 Å². The first kappa shape index (κ1) is 22.3.